The van der Waals surface area contributed by atoms with E-state index in [0.717, 1.165) is 17.7 Å². The van der Waals surface area contributed by atoms with Crippen molar-refractivity contribution >= 4 is 17.7 Å². The fourth-order valence-corrected chi connectivity index (χ4v) is 2.31. The predicted octanol–water partition coefficient (Wildman–Crippen LogP) is 4.31. The Morgan fingerprint density at radius 3 is 2.29 bits per heavy atom. The van der Waals surface area contributed by atoms with Gasteiger partial charge in [-0.05, 0) is 54.8 Å². The van der Waals surface area contributed by atoms with Gasteiger partial charge in [-0.2, -0.15) is 0 Å². The second kappa shape index (κ2) is 8.20. The van der Waals surface area contributed by atoms with Crippen LogP contribution in [-0.2, 0) is 11.2 Å². The van der Waals surface area contributed by atoms with Crippen molar-refractivity contribution in [1.29, 1.82) is 0 Å². The summed E-state index contributed by atoms with van der Waals surface area (Å²) in [6, 6.07) is 13.4. The van der Waals surface area contributed by atoms with Gasteiger partial charge in [0.2, 0.25) is 0 Å². The lowest BCUT2D eigenvalue weighted by molar-refractivity contribution is -0.112. The highest BCUT2D eigenvalue weighted by atomic mass is 16.5. The maximum absolute atomic E-state index is 12.3. The minimum atomic E-state index is -0.131. The number of nitrogens with one attached hydrogen (secondary N) is 1. The summed E-state index contributed by atoms with van der Waals surface area (Å²) in [6.45, 7) is 3.88. The summed E-state index contributed by atoms with van der Waals surface area (Å²) in [6.07, 6.45) is 2.80. The zero-order valence-corrected chi connectivity index (χ0v) is 14.6. The van der Waals surface area contributed by atoms with Crippen molar-refractivity contribution in [2.75, 3.05) is 19.5 Å². The molecule has 4 heteroatoms. The van der Waals surface area contributed by atoms with Gasteiger partial charge in [0.25, 0.3) is 5.91 Å². The van der Waals surface area contributed by atoms with Gasteiger partial charge in [0.1, 0.15) is 0 Å². The molecule has 0 aliphatic heterocycles. The molecule has 0 aromatic heterocycles. The first-order valence-corrected chi connectivity index (χ1v) is 7.88. The monoisotopic (exact) mass is 325 g/mol. The number of rotatable bonds is 6. The van der Waals surface area contributed by atoms with E-state index in [4.69, 9.17) is 9.47 Å². The third-order valence-corrected chi connectivity index (χ3v) is 3.77. The van der Waals surface area contributed by atoms with Gasteiger partial charge in [-0.3, -0.25) is 4.79 Å². The molecular weight excluding hydrogens is 302 g/mol. The molecule has 0 bridgehead atoms. The molecule has 0 heterocycles. The molecule has 0 radical (unpaired) electrons. The quantitative estimate of drug-likeness (QED) is 0.805. The standard InChI is InChI=1S/C20H23NO3/c1-5-15-6-9-17(10-7-15)21-20(22)14(2)12-16-8-11-18(23-3)19(13-16)24-4/h6-13H,5H2,1-4H3,(H,21,22)/b14-12+. The summed E-state index contributed by atoms with van der Waals surface area (Å²) in [7, 11) is 3.18. The summed E-state index contributed by atoms with van der Waals surface area (Å²) in [5.74, 6) is 1.16. The van der Waals surface area contributed by atoms with Crippen molar-refractivity contribution in [1.82, 2.24) is 0 Å². The van der Waals surface area contributed by atoms with Gasteiger partial charge in [0.05, 0.1) is 14.2 Å². The molecule has 2 rings (SSSR count). The largest absolute Gasteiger partial charge is 0.493 e. The van der Waals surface area contributed by atoms with Gasteiger partial charge < -0.3 is 14.8 Å². The topological polar surface area (TPSA) is 47.6 Å². The fraction of sp³-hybridized carbons (Fsp3) is 0.250. The molecule has 1 N–H and O–H groups in total. The van der Waals surface area contributed by atoms with Crippen molar-refractivity contribution in [2.45, 2.75) is 20.3 Å². The molecule has 1 amide bonds. The highest BCUT2D eigenvalue weighted by Crippen LogP contribution is 2.28. The average Bonchev–Trinajstić information content (AvgIpc) is 2.62. The third-order valence-electron chi connectivity index (χ3n) is 3.77. The number of hydrogen-bond donors (Lipinski definition) is 1. The number of hydrogen-bond acceptors (Lipinski definition) is 3. The number of carbonyl (C=O) groups excluding carboxylic acids is 1. The van der Waals surface area contributed by atoms with Gasteiger partial charge in [-0.15, -0.1) is 0 Å². The van der Waals surface area contributed by atoms with E-state index in [2.05, 4.69) is 12.2 Å². The van der Waals surface area contributed by atoms with Crippen LogP contribution >= 0.6 is 0 Å². The van der Waals surface area contributed by atoms with Gasteiger partial charge in [0, 0.05) is 11.3 Å². The smallest absolute Gasteiger partial charge is 0.251 e. The van der Waals surface area contributed by atoms with Crippen LogP contribution in [-0.4, -0.2) is 20.1 Å². The van der Waals surface area contributed by atoms with E-state index >= 15 is 0 Å². The maximum atomic E-state index is 12.3. The van der Waals surface area contributed by atoms with Gasteiger partial charge in [-0.25, -0.2) is 0 Å². The van der Waals surface area contributed by atoms with E-state index in [1.807, 2.05) is 48.5 Å². The number of anilines is 1. The molecule has 0 spiro atoms. The molecule has 0 saturated carbocycles. The summed E-state index contributed by atoms with van der Waals surface area (Å²) < 4.78 is 10.5. The fourth-order valence-electron chi connectivity index (χ4n) is 2.31. The first kappa shape index (κ1) is 17.6. The molecule has 0 fully saturated rings. The molecule has 2 aromatic carbocycles. The summed E-state index contributed by atoms with van der Waals surface area (Å²) >= 11 is 0. The van der Waals surface area contributed by atoms with Crippen LogP contribution in [0.1, 0.15) is 25.0 Å². The Hall–Kier alpha value is -2.75. The Labute approximate surface area is 143 Å². The molecule has 4 nitrogen and oxygen atoms in total. The van der Waals surface area contributed by atoms with Crippen molar-refractivity contribution in [3.8, 4) is 11.5 Å². The molecule has 2 aromatic rings. The SMILES string of the molecule is CCc1ccc(NC(=O)/C(C)=C/c2ccc(OC)c(OC)c2)cc1. The lowest BCUT2D eigenvalue weighted by Gasteiger charge is -2.09. The van der Waals surface area contributed by atoms with Crippen LogP contribution in [0.2, 0.25) is 0 Å². The molecule has 24 heavy (non-hydrogen) atoms. The van der Waals surface area contributed by atoms with Gasteiger partial charge in [-0.1, -0.05) is 25.1 Å². The van der Waals surface area contributed by atoms with E-state index < -0.39 is 0 Å². The lowest BCUT2D eigenvalue weighted by atomic mass is 10.1. The molecule has 126 valence electrons. The lowest BCUT2D eigenvalue weighted by Crippen LogP contribution is -2.12. The number of ether oxygens (including phenoxy) is 2. The molecule has 0 aliphatic carbocycles. The third kappa shape index (κ3) is 4.38. The number of aryl methyl sites for hydroxylation is 1. The Morgan fingerprint density at radius 1 is 1.04 bits per heavy atom. The number of amides is 1. The first-order chi connectivity index (χ1) is 11.6. The number of methoxy groups -OCH3 is 2. The van der Waals surface area contributed by atoms with Crippen LogP contribution < -0.4 is 14.8 Å². The van der Waals surface area contributed by atoms with Crippen molar-refractivity contribution in [2.24, 2.45) is 0 Å². The average molecular weight is 325 g/mol. The Balaban J connectivity index is 2.12. The van der Waals surface area contributed by atoms with Crippen LogP contribution in [0.5, 0.6) is 11.5 Å². The molecule has 0 atom stereocenters. The second-order valence-electron chi connectivity index (χ2n) is 5.45. The van der Waals surface area contributed by atoms with Gasteiger partial charge >= 0.3 is 0 Å². The summed E-state index contributed by atoms with van der Waals surface area (Å²) in [5.41, 5.74) is 3.52. The zero-order valence-electron chi connectivity index (χ0n) is 14.6. The zero-order chi connectivity index (χ0) is 17.5. The second-order valence-corrected chi connectivity index (χ2v) is 5.45. The number of benzene rings is 2. The van der Waals surface area contributed by atoms with Crippen molar-refractivity contribution in [3.63, 3.8) is 0 Å². The van der Waals surface area contributed by atoms with Crippen molar-refractivity contribution < 1.29 is 14.3 Å². The normalized spacial score (nSPS) is 11.1. The maximum Gasteiger partial charge on any atom is 0.251 e. The van der Waals surface area contributed by atoms with E-state index in [1.54, 1.807) is 21.1 Å². The molecule has 0 aliphatic rings. The van der Waals surface area contributed by atoms with Crippen LogP contribution in [0.3, 0.4) is 0 Å². The highest BCUT2D eigenvalue weighted by molar-refractivity contribution is 6.06. The van der Waals surface area contributed by atoms with Gasteiger partial charge in [0.15, 0.2) is 11.5 Å². The Kier molecular flexibility index (Phi) is 6.01. The Bertz CT molecular complexity index is 733. The van der Waals surface area contributed by atoms with Crippen molar-refractivity contribution in [3.05, 3.63) is 59.2 Å². The van der Waals surface area contributed by atoms with E-state index in [9.17, 15) is 4.79 Å². The van der Waals surface area contributed by atoms with E-state index in [1.165, 1.54) is 5.56 Å². The van der Waals surface area contributed by atoms with E-state index in [-0.39, 0.29) is 5.91 Å². The highest BCUT2D eigenvalue weighted by Gasteiger charge is 2.07. The van der Waals surface area contributed by atoms with Crippen LogP contribution in [0.15, 0.2) is 48.0 Å². The first-order valence-electron chi connectivity index (χ1n) is 7.88. The minimum Gasteiger partial charge on any atom is -0.493 e. The van der Waals surface area contributed by atoms with Crippen LogP contribution in [0.25, 0.3) is 6.08 Å². The number of carbonyl (C=O) groups is 1. The predicted molar refractivity (Wildman–Crippen MR) is 97.6 cm³/mol. The molecule has 0 unspecified atom stereocenters. The summed E-state index contributed by atoms with van der Waals surface area (Å²) in [4.78, 5) is 12.3. The molecule has 0 saturated heterocycles. The Morgan fingerprint density at radius 2 is 1.71 bits per heavy atom. The van der Waals surface area contributed by atoms with Crippen LogP contribution in [0, 0.1) is 0 Å². The van der Waals surface area contributed by atoms with Crippen LogP contribution in [0.4, 0.5) is 5.69 Å². The molecular formula is C20H23NO3. The van der Waals surface area contributed by atoms with E-state index in [0.29, 0.717) is 17.1 Å². The minimum absolute atomic E-state index is 0.131. The summed E-state index contributed by atoms with van der Waals surface area (Å²) in [5, 5.41) is 2.90.